The van der Waals surface area contributed by atoms with Gasteiger partial charge in [0.05, 0.1) is 11.0 Å². The zero-order valence-corrected chi connectivity index (χ0v) is 14.9. The number of nitrogens with one attached hydrogen (secondary N) is 1. The van der Waals surface area contributed by atoms with E-state index < -0.39 is 0 Å². The highest BCUT2D eigenvalue weighted by molar-refractivity contribution is 5.96. The fraction of sp³-hybridized carbons (Fsp3) is 0.300. The van der Waals surface area contributed by atoms with Crippen LogP contribution in [0, 0.1) is 6.92 Å². The second-order valence-corrected chi connectivity index (χ2v) is 6.56. The van der Waals surface area contributed by atoms with Crippen molar-refractivity contribution in [1.29, 1.82) is 0 Å². The number of amides is 1. The molecule has 0 unspecified atom stereocenters. The van der Waals surface area contributed by atoms with E-state index in [0.717, 1.165) is 22.4 Å². The Balaban J connectivity index is 1.74. The molecule has 3 N–H and O–H groups in total. The second kappa shape index (κ2) is 6.97. The van der Waals surface area contributed by atoms with Gasteiger partial charge in [0.1, 0.15) is 5.82 Å². The average Bonchev–Trinajstić information content (AvgIpc) is 2.95. The number of hydrogen-bond donors (Lipinski definition) is 2. The Kier molecular flexibility index (Phi) is 4.74. The normalized spacial score (nSPS) is 11.2. The van der Waals surface area contributed by atoms with Crippen LogP contribution in [-0.2, 0) is 6.42 Å². The number of carbonyl (C=O) groups excluding carboxylic acids is 1. The molecule has 0 saturated heterocycles. The van der Waals surface area contributed by atoms with E-state index in [1.54, 1.807) is 12.1 Å². The third-order valence-corrected chi connectivity index (χ3v) is 4.33. The summed E-state index contributed by atoms with van der Waals surface area (Å²) >= 11 is 0. The van der Waals surface area contributed by atoms with Gasteiger partial charge >= 0.3 is 0 Å². The van der Waals surface area contributed by atoms with Crippen molar-refractivity contribution in [3.63, 3.8) is 0 Å². The van der Waals surface area contributed by atoms with Crippen LogP contribution in [0.15, 0.2) is 42.5 Å². The Morgan fingerprint density at radius 1 is 1.24 bits per heavy atom. The maximum absolute atomic E-state index is 12.4. The molecule has 0 aliphatic rings. The molecule has 3 aromatic rings. The molecule has 1 amide bonds. The lowest BCUT2D eigenvalue weighted by molar-refractivity contribution is 0.0953. The number of imidazole rings is 1. The van der Waals surface area contributed by atoms with Crippen molar-refractivity contribution < 1.29 is 4.79 Å². The van der Waals surface area contributed by atoms with Gasteiger partial charge in [-0.3, -0.25) is 4.79 Å². The van der Waals surface area contributed by atoms with Crippen molar-refractivity contribution >= 4 is 22.6 Å². The zero-order valence-electron chi connectivity index (χ0n) is 14.9. The summed E-state index contributed by atoms with van der Waals surface area (Å²) in [5.41, 5.74) is 10.0. The average molecular weight is 336 g/mol. The molecule has 0 aliphatic heterocycles. The SMILES string of the molecule is Cc1ccc(N)cc1C(=O)NCCc1nc2ccccc2n1C(C)C. The van der Waals surface area contributed by atoms with Gasteiger partial charge in [-0.15, -0.1) is 0 Å². The van der Waals surface area contributed by atoms with Crippen LogP contribution >= 0.6 is 0 Å². The predicted octanol–water partition coefficient (Wildman–Crippen LogP) is 3.48. The Hall–Kier alpha value is -2.82. The molecule has 5 heteroatoms. The number of nitrogens with zero attached hydrogens (tertiary/aromatic N) is 2. The summed E-state index contributed by atoms with van der Waals surface area (Å²) in [5, 5.41) is 2.98. The summed E-state index contributed by atoms with van der Waals surface area (Å²) in [6, 6.07) is 13.8. The summed E-state index contributed by atoms with van der Waals surface area (Å²) in [6.07, 6.45) is 0.681. The Labute approximate surface area is 147 Å². The number of nitrogens with two attached hydrogens (primary N) is 1. The number of nitrogen functional groups attached to an aromatic ring is 1. The van der Waals surface area contributed by atoms with Gasteiger partial charge in [-0.05, 0) is 50.6 Å². The van der Waals surface area contributed by atoms with Crippen LogP contribution < -0.4 is 11.1 Å². The molecule has 0 saturated carbocycles. The number of benzene rings is 2. The molecular weight excluding hydrogens is 312 g/mol. The van der Waals surface area contributed by atoms with Crippen molar-refractivity contribution in [3.8, 4) is 0 Å². The van der Waals surface area contributed by atoms with E-state index in [4.69, 9.17) is 10.7 Å². The molecule has 25 heavy (non-hydrogen) atoms. The van der Waals surface area contributed by atoms with E-state index in [2.05, 4.69) is 29.8 Å². The van der Waals surface area contributed by atoms with Gasteiger partial charge < -0.3 is 15.6 Å². The summed E-state index contributed by atoms with van der Waals surface area (Å²) in [4.78, 5) is 17.1. The molecule has 130 valence electrons. The molecule has 0 fully saturated rings. The summed E-state index contributed by atoms with van der Waals surface area (Å²) in [7, 11) is 0. The molecule has 5 nitrogen and oxygen atoms in total. The minimum absolute atomic E-state index is 0.1000. The lowest BCUT2D eigenvalue weighted by Crippen LogP contribution is -2.27. The van der Waals surface area contributed by atoms with Crippen LogP contribution in [0.2, 0.25) is 0 Å². The molecule has 0 radical (unpaired) electrons. The number of anilines is 1. The minimum Gasteiger partial charge on any atom is -0.399 e. The van der Waals surface area contributed by atoms with E-state index in [1.165, 1.54) is 0 Å². The molecule has 1 aromatic heterocycles. The van der Waals surface area contributed by atoms with Crippen LogP contribution in [0.3, 0.4) is 0 Å². The van der Waals surface area contributed by atoms with Crippen LogP contribution in [0.5, 0.6) is 0 Å². The molecule has 0 atom stereocenters. The molecule has 0 aliphatic carbocycles. The molecular formula is C20H24N4O. The first-order chi connectivity index (χ1) is 12.0. The largest absolute Gasteiger partial charge is 0.399 e. The van der Waals surface area contributed by atoms with Crippen LogP contribution in [0.25, 0.3) is 11.0 Å². The van der Waals surface area contributed by atoms with E-state index >= 15 is 0 Å². The maximum atomic E-state index is 12.4. The Bertz CT molecular complexity index is 911. The smallest absolute Gasteiger partial charge is 0.251 e. The van der Waals surface area contributed by atoms with Gasteiger partial charge in [0.25, 0.3) is 5.91 Å². The highest BCUT2D eigenvalue weighted by Gasteiger charge is 2.14. The lowest BCUT2D eigenvalue weighted by Gasteiger charge is -2.13. The summed E-state index contributed by atoms with van der Waals surface area (Å²) in [5.74, 6) is 0.887. The standard InChI is InChI=1S/C20H24N4O/c1-13(2)24-18-7-5-4-6-17(18)23-19(24)10-11-22-20(25)16-12-15(21)9-8-14(16)3/h4-9,12-13H,10-11,21H2,1-3H3,(H,22,25). The number of rotatable bonds is 5. The lowest BCUT2D eigenvalue weighted by atomic mass is 10.1. The number of para-hydroxylation sites is 2. The predicted molar refractivity (Wildman–Crippen MR) is 102 cm³/mol. The minimum atomic E-state index is -0.1000. The van der Waals surface area contributed by atoms with Gasteiger partial charge in [0.2, 0.25) is 0 Å². The first-order valence-corrected chi connectivity index (χ1v) is 8.57. The Morgan fingerprint density at radius 2 is 2.00 bits per heavy atom. The van der Waals surface area contributed by atoms with Gasteiger partial charge in [0.15, 0.2) is 0 Å². The quantitative estimate of drug-likeness (QED) is 0.701. The summed E-state index contributed by atoms with van der Waals surface area (Å²) in [6.45, 7) is 6.73. The van der Waals surface area contributed by atoms with Crippen molar-refractivity contribution in [3.05, 3.63) is 59.4 Å². The number of aromatic nitrogens is 2. The summed E-state index contributed by atoms with van der Waals surface area (Å²) < 4.78 is 2.23. The zero-order chi connectivity index (χ0) is 18.0. The second-order valence-electron chi connectivity index (χ2n) is 6.56. The van der Waals surface area contributed by atoms with E-state index in [0.29, 0.717) is 30.3 Å². The van der Waals surface area contributed by atoms with Crippen LogP contribution in [0.4, 0.5) is 5.69 Å². The van der Waals surface area contributed by atoms with Crippen molar-refractivity contribution in [1.82, 2.24) is 14.9 Å². The van der Waals surface area contributed by atoms with Crippen molar-refractivity contribution in [2.75, 3.05) is 12.3 Å². The van der Waals surface area contributed by atoms with Crippen LogP contribution in [0.1, 0.15) is 41.6 Å². The Morgan fingerprint density at radius 3 is 2.76 bits per heavy atom. The molecule has 2 aromatic carbocycles. The van der Waals surface area contributed by atoms with Crippen molar-refractivity contribution in [2.45, 2.75) is 33.2 Å². The third-order valence-electron chi connectivity index (χ3n) is 4.33. The van der Waals surface area contributed by atoms with E-state index in [1.807, 2.05) is 31.2 Å². The third kappa shape index (κ3) is 3.50. The van der Waals surface area contributed by atoms with Gasteiger partial charge in [-0.1, -0.05) is 18.2 Å². The first-order valence-electron chi connectivity index (χ1n) is 8.57. The maximum Gasteiger partial charge on any atom is 0.251 e. The molecule has 0 bridgehead atoms. The highest BCUT2D eigenvalue weighted by Crippen LogP contribution is 2.21. The number of fused-ring (bicyclic) bond motifs is 1. The van der Waals surface area contributed by atoms with E-state index in [9.17, 15) is 4.79 Å². The fourth-order valence-corrected chi connectivity index (χ4v) is 3.11. The molecule has 3 rings (SSSR count). The first kappa shape index (κ1) is 17.0. The van der Waals surface area contributed by atoms with Gasteiger partial charge in [-0.25, -0.2) is 4.98 Å². The molecule has 1 heterocycles. The van der Waals surface area contributed by atoms with E-state index in [-0.39, 0.29) is 5.91 Å². The van der Waals surface area contributed by atoms with Gasteiger partial charge in [-0.2, -0.15) is 0 Å². The number of aryl methyl sites for hydroxylation is 1. The topological polar surface area (TPSA) is 72.9 Å². The van der Waals surface area contributed by atoms with Gasteiger partial charge in [0, 0.05) is 30.3 Å². The fourth-order valence-electron chi connectivity index (χ4n) is 3.11. The number of carbonyl (C=O) groups is 1. The molecule has 0 spiro atoms. The number of hydrogen-bond acceptors (Lipinski definition) is 3. The van der Waals surface area contributed by atoms with Crippen LogP contribution in [-0.4, -0.2) is 22.0 Å². The van der Waals surface area contributed by atoms with Crippen molar-refractivity contribution in [2.24, 2.45) is 0 Å². The monoisotopic (exact) mass is 336 g/mol. The highest BCUT2D eigenvalue weighted by atomic mass is 16.1.